The topological polar surface area (TPSA) is 83.4 Å². The van der Waals surface area contributed by atoms with Crippen LogP contribution < -0.4 is 10.2 Å². The lowest BCUT2D eigenvalue weighted by molar-refractivity contribution is 0.0695. The Bertz CT molecular complexity index is 1150. The first kappa shape index (κ1) is 20.5. The number of aryl methyl sites for hydroxylation is 1. The molecule has 1 N–H and O–H groups in total. The molecule has 0 radical (unpaired) electrons. The average molecular weight is 433 g/mol. The van der Waals surface area contributed by atoms with Crippen molar-refractivity contribution < 1.29 is 9.59 Å². The molecule has 3 amide bonds. The van der Waals surface area contributed by atoms with Crippen LogP contribution in [0.4, 0.5) is 10.5 Å². The van der Waals surface area contributed by atoms with E-state index in [1.165, 1.54) is 0 Å². The summed E-state index contributed by atoms with van der Waals surface area (Å²) in [5, 5.41) is 2.80. The summed E-state index contributed by atoms with van der Waals surface area (Å²) in [4.78, 5) is 38.2. The number of anilines is 1. The molecule has 166 valence electrons. The monoisotopic (exact) mass is 432 g/mol. The third kappa shape index (κ3) is 3.70. The fraction of sp³-hybridized carbons (Fsp3) is 0.417. The molecular weight excluding hydrogens is 404 g/mol. The number of nitrogens with one attached hydrogen (secondary N) is 1. The summed E-state index contributed by atoms with van der Waals surface area (Å²) >= 11 is 0. The summed E-state index contributed by atoms with van der Waals surface area (Å²) in [6, 6.07) is 11.5. The zero-order valence-corrected chi connectivity index (χ0v) is 18.3. The van der Waals surface area contributed by atoms with Crippen molar-refractivity contribution in [2.75, 3.05) is 31.1 Å². The molecule has 32 heavy (non-hydrogen) atoms. The van der Waals surface area contributed by atoms with E-state index in [2.05, 4.69) is 21.8 Å². The van der Waals surface area contributed by atoms with Crippen molar-refractivity contribution in [3.05, 3.63) is 54.0 Å². The number of aromatic nitrogens is 3. The predicted octanol–water partition coefficient (Wildman–Crippen LogP) is 3.39. The number of urea groups is 1. The van der Waals surface area contributed by atoms with E-state index in [-0.39, 0.29) is 11.9 Å². The number of hydrogen-bond donors (Lipinski definition) is 1. The van der Waals surface area contributed by atoms with Crippen LogP contribution in [0.2, 0.25) is 0 Å². The van der Waals surface area contributed by atoms with Gasteiger partial charge in [0.1, 0.15) is 11.3 Å². The second-order valence-electron chi connectivity index (χ2n) is 8.45. The molecule has 0 saturated carbocycles. The highest BCUT2D eigenvalue weighted by Crippen LogP contribution is 2.29. The number of imidazole rings is 1. The van der Waals surface area contributed by atoms with Crippen molar-refractivity contribution >= 4 is 28.8 Å². The summed E-state index contributed by atoms with van der Waals surface area (Å²) in [6.07, 6.45) is 5.53. The maximum Gasteiger partial charge on any atom is 0.321 e. The van der Waals surface area contributed by atoms with Crippen molar-refractivity contribution in [2.24, 2.45) is 0 Å². The Kier molecular flexibility index (Phi) is 5.51. The van der Waals surface area contributed by atoms with Gasteiger partial charge in [-0.25, -0.2) is 14.8 Å². The molecule has 5 rings (SSSR count). The Morgan fingerprint density at radius 2 is 2.00 bits per heavy atom. The van der Waals surface area contributed by atoms with Crippen LogP contribution >= 0.6 is 0 Å². The number of carbonyl (C=O) groups excluding carboxylic acids is 2. The third-order valence-corrected chi connectivity index (χ3v) is 6.37. The predicted molar refractivity (Wildman–Crippen MR) is 123 cm³/mol. The minimum Gasteiger partial charge on any atom is -0.338 e. The minimum atomic E-state index is -0.112. The smallest absolute Gasteiger partial charge is 0.321 e. The molecule has 8 heteroatoms. The van der Waals surface area contributed by atoms with E-state index in [4.69, 9.17) is 4.98 Å². The molecule has 0 atom stereocenters. The molecule has 3 aromatic rings. The van der Waals surface area contributed by atoms with Gasteiger partial charge < -0.3 is 14.8 Å². The van der Waals surface area contributed by atoms with Gasteiger partial charge in [0, 0.05) is 56.1 Å². The quantitative estimate of drug-likeness (QED) is 0.670. The van der Waals surface area contributed by atoms with Crippen molar-refractivity contribution in [2.45, 2.75) is 38.6 Å². The van der Waals surface area contributed by atoms with E-state index >= 15 is 0 Å². The molecule has 2 aromatic heterocycles. The Hall–Kier alpha value is -3.42. The number of fused-ring (bicyclic) bond motifs is 1. The van der Waals surface area contributed by atoms with Crippen LogP contribution in [0.5, 0.6) is 0 Å². The number of pyridine rings is 1. The molecule has 2 aliphatic rings. The van der Waals surface area contributed by atoms with E-state index in [9.17, 15) is 9.59 Å². The lowest BCUT2D eigenvalue weighted by atomic mass is 10.0. The summed E-state index contributed by atoms with van der Waals surface area (Å²) in [6.45, 7) is 4.79. The largest absolute Gasteiger partial charge is 0.338 e. The zero-order valence-electron chi connectivity index (χ0n) is 18.3. The third-order valence-electron chi connectivity index (χ3n) is 6.37. The highest BCUT2D eigenvalue weighted by atomic mass is 16.2. The maximum absolute atomic E-state index is 13.2. The molecular formula is C24H28N6O2. The molecule has 2 saturated heterocycles. The summed E-state index contributed by atoms with van der Waals surface area (Å²) in [7, 11) is 0. The fourth-order valence-electron chi connectivity index (χ4n) is 4.79. The molecule has 1 aromatic carbocycles. The standard InChI is InChI=1S/C24H28N6O2/c1-2-5-21-27-20-8-4-11-25-22(20)30(21)18-9-13-28(14-10-18)23(31)17-6-3-7-19(16-17)29-15-12-26-24(29)32/h3-4,6-8,11,16,18H,2,5,9-10,12-15H2,1H3,(H,26,32). The summed E-state index contributed by atoms with van der Waals surface area (Å²) in [5.41, 5.74) is 3.28. The van der Waals surface area contributed by atoms with Gasteiger partial charge in [-0.3, -0.25) is 9.69 Å². The Morgan fingerprint density at radius 3 is 2.75 bits per heavy atom. The molecule has 0 spiro atoms. The summed E-state index contributed by atoms with van der Waals surface area (Å²) in [5.74, 6) is 1.11. The van der Waals surface area contributed by atoms with Crippen LogP contribution in [-0.4, -0.2) is 57.6 Å². The van der Waals surface area contributed by atoms with Crippen molar-refractivity contribution in [3.8, 4) is 0 Å². The number of amides is 3. The second-order valence-corrected chi connectivity index (χ2v) is 8.45. The highest BCUT2D eigenvalue weighted by molar-refractivity contribution is 5.98. The number of rotatable bonds is 5. The van der Waals surface area contributed by atoms with Gasteiger partial charge in [0.05, 0.1) is 0 Å². The van der Waals surface area contributed by atoms with E-state index in [0.717, 1.165) is 48.4 Å². The lowest BCUT2D eigenvalue weighted by Gasteiger charge is -2.33. The normalized spacial score (nSPS) is 17.2. The van der Waals surface area contributed by atoms with Crippen LogP contribution in [0.15, 0.2) is 42.6 Å². The SMILES string of the molecule is CCCc1nc2cccnc2n1C1CCN(C(=O)c2cccc(N3CCNC3=O)c2)CC1. The number of hydrogen-bond acceptors (Lipinski definition) is 4. The van der Waals surface area contributed by atoms with E-state index in [1.807, 2.05) is 47.5 Å². The first-order valence-electron chi connectivity index (χ1n) is 11.4. The van der Waals surface area contributed by atoms with Gasteiger partial charge in [-0.05, 0) is 49.6 Å². The molecule has 8 nitrogen and oxygen atoms in total. The molecule has 0 unspecified atom stereocenters. The molecule has 2 aliphatic heterocycles. The number of nitrogens with zero attached hydrogens (tertiary/aromatic N) is 5. The van der Waals surface area contributed by atoms with Crippen molar-refractivity contribution in [1.29, 1.82) is 0 Å². The minimum absolute atomic E-state index is 0.0206. The van der Waals surface area contributed by atoms with Gasteiger partial charge in [0.25, 0.3) is 5.91 Å². The highest BCUT2D eigenvalue weighted by Gasteiger charge is 2.28. The van der Waals surface area contributed by atoms with E-state index in [0.29, 0.717) is 37.8 Å². The van der Waals surface area contributed by atoms with Gasteiger partial charge in [0.15, 0.2) is 5.65 Å². The van der Waals surface area contributed by atoms with Crippen LogP contribution in [-0.2, 0) is 6.42 Å². The molecule has 2 fully saturated rings. The first-order valence-corrected chi connectivity index (χ1v) is 11.4. The Morgan fingerprint density at radius 1 is 1.16 bits per heavy atom. The van der Waals surface area contributed by atoms with Crippen molar-refractivity contribution in [1.82, 2.24) is 24.8 Å². The van der Waals surface area contributed by atoms with Crippen LogP contribution in [0.1, 0.15) is 48.4 Å². The second kappa shape index (κ2) is 8.61. The van der Waals surface area contributed by atoms with Gasteiger partial charge >= 0.3 is 6.03 Å². The van der Waals surface area contributed by atoms with Crippen molar-refractivity contribution in [3.63, 3.8) is 0 Å². The first-order chi connectivity index (χ1) is 15.7. The van der Waals surface area contributed by atoms with Crippen LogP contribution in [0.25, 0.3) is 11.2 Å². The Balaban J connectivity index is 1.31. The van der Waals surface area contributed by atoms with E-state index in [1.54, 1.807) is 4.90 Å². The van der Waals surface area contributed by atoms with E-state index < -0.39 is 0 Å². The average Bonchev–Trinajstić information content (AvgIpc) is 3.42. The number of carbonyl (C=O) groups is 2. The van der Waals surface area contributed by atoms with Gasteiger partial charge in [-0.2, -0.15) is 0 Å². The molecule has 0 aliphatic carbocycles. The number of piperidine rings is 1. The Labute approximate surface area is 187 Å². The van der Waals surface area contributed by atoms with Crippen LogP contribution in [0.3, 0.4) is 0 Å². The fourth-order valence-corrected chi connectivity index (χ4v) is 4.79. The lowest BCUT2D eigenvalue weighted by Crippen LogP contribution is -2.39. The van der Waals surface area contributed by atoms with Crippen LogP contribution in [0, 0.1) is 0 Å². The summed E-state index contributed by atoms with van der Waals surface area (Å²) < 4.78 is 2.30. The van der Waals surface area contributed by atoms with Gasteiger partial charge in [-0.15, -0.1) is 0 Å². The van der Waals surface area contributed by atoms with Gasteiger partial charge in [-0.1, -0.05) is 13.0 Å². The maximum atomic E-state index is 13.2. The number of benzene rings is 1. The molecule has 4 heterocycles. The zero-order chi connectivity index (χ0) is 22.1. The molecule has 0 bridgehead atoms. The number of likely N-dealkylation sites (tertiary alicyclic amines) is 1. The van der Waals surface area contributed by atoms with Gasteiger partial charge in [0.2, 0.25) is 0 Å².